The van der Waals surface area contributed by atoms with Crippen molar-refractivity contribution in [1.82, 2.24) is 0 Å². The van der Waals surface area contributed by atoms with Crippen LogP contribution >= 0.6 is 0 Å². The van der Waals surface area contributed by atoms with E-state index in [-0.39, 0.29) is 16.7 Å². The molecule has 0 heterocycles. The molecular weight excluding hydrogens is 276 g/mol. The molecule has 0 fully saturated rings. The molecule has 1 aromatic carbocycles. The SMILES string of the molecule is CCCC[C@H](CC)C(=O)Nc1ccc(S(N)(=O)=O)cc1. The highest BCUT2D eigenvalue weighted by Gasteiger charge is 2.16. The number of hydrogen-bond acceptors (Lipinski definition) is 3. The zero-order chi connectivity index (χ0) is 15.2. The molecule has 0 bridgehead atoms. The number of primary sulfonamides is 1. The van der Waals surface area contributed by atoms with Gasteiger partial charge in [-0.15, -0.1) is 0 Å². The maximum absolute atomic E-state index is 12.1. The Morgan fingerprint density at radius 1 is 1.25 bits per heavy atom. The largest absolute Gasteiger partial charge is 0.326 e. The lowest BCUT2D eigenvalue weighted by atomic mass is 9.98. The van der Waals surface area contributed by atoms with Gasteiger partial charge in [0.1, 0.15) is 0 Å². The van der Waals surface area contributed by atoms with Crippen molar-refractivity contribution in [3.63, 3.8) is 0 Å². The van der Waals surface area contributed by atoms with Crippen LogP contribution in [0.3, 0.4) is 0 Å². The molecule has 0 aliphatic heterocycles. The summed E-state index contributed by atoms with van der Waals surface area (Å²) in [6.45, 7) is 4.08. The fourth-order valence-corrected chi connectivity index (χ4v) is 2.46. The Morgan fingerprint density at radius 2 is 1.85 bits per heavy atom. The van der Waals surface area contributed by atoms with Crippen LogP contribution in [0, 0.1) is 5.92 Å². The number of carbonyl (C=O) groups excluding carboxylic acids is 1. The molecule has 1 rings (SSSR count). The van der Waals surface area contributed by atoms with Crippen LogP contribution in [0.4, 0.5) is 5.69 Å². The lowest BCUT2D eigenvalue weighted by Crippen LogP contribution is -2.22. The van der Waals surface area contributed by atoms with Crippen LogP contribution in [0.2, 0.25) is 0 Å². The van der Waals surface area contributed by atoms with Crippen molar-refractivity contribution >= 4 is 21.6 Å². The summed E-state index contributed by atoms with van der Waals surface area (Å²) < 4.78 is 22.3. The van der Waals surface area contributed by atoms with Crippen molar-refractivity contribution in [2.45, 2.75) is 44.4 Å². The van der Waals surface area contributed by atoms with Crippen molar-refractivity contribution in [2.75, 3.05) is 5.32 Å². The van der Waals surface area contributed by atoms with Crippen molar-refractivity contribution in [2.24, 2.45) is 11.1 Å². The zero-order valence-electron chi connectivity index (χ0n) is 11.9. The summed E-state index contributed by atoms with van der Waals surface area (Å²) >= 11 is 0. The summed E-state index contributed by atoms with van der Waals surface area (Å²) in [5.74, 6) is -0.0304. The van der Waals surface area contributed by atoms with Crippen molar-refractivity contribution in [3.8, 4) is 0 Å². The number of rotatable bonds is 7. The fourth-order valence-electron chi connectivity index (χ4n) is 1.94. The molecule has 0 saturated carbocycles. The van der Waals surface area contributed by atoms with Crippen LogP contribution < -0.4 is 10.5 Å². The number of nitrogens with two attached hydrogens (primary N) is 1. The number of sulfonamides is 1. The average Bonchev–Trinajstić information content (AvgIpc) is 2.39. The molecule has 5 nitrogen and oxygen atoms in total. The molecule has 0 unspecified atom stereocenters. The summed E-state index contributed by atoms with van der Waals surface area (Å²) in [6, 6.07) is 5.87. The average molecular weight is 298 g/mol. The molecule has 6 heteroatoms. The van der Waals surface area contributed by atoms with Gasteiger partial charge in [-0.05, 0) is 37.1 Å². The van der Waals surface area contributed by atoms with Crippen LogP contribution in [0.25, 0.3) is 0 Å². The molecule has 0 saturated heterocycles. The van der Waals surface area contributed by atoms with Gasteiger partial charge >= 0.3 is 0 Å². The van der Waals surface area contributed by atoms with E-state index in [1.807, 2.05) is 6.92 Å². The van der Waals surface area contributed by atoms with E-state index in [1.54, 1.807) is 12.1 Å². The molecule has 1 amide bonds. The molecule has 0 spiro atoms. The Kier molecular flexibility index (Phi) is 6.16. The monoisotopic (exact) mass is 298 g/mol. The summed E-state index contributed by atoms with van der Waals surface area (Å²) in [6.07, 6.45) is 3.75. The van der Waals surface area contributed by atoms with Gasteiger partial charge < -0.3 is 5.32 Å². The van der Waals surface area contributed by atoms with Gasteiger partial charge in [0.15, 0.2) is 0 Å². The Morgan fingerprint density at radius 3 is 2.30 bits per heavy atom. The van der Waals surface area contributed by atoms with Gasteiger partial charge in [0.2, 0.25) is 15.9 Å². The number of carbonyl (C=O) groups is 1. The van der Waals surface area contributed by atoms with E-state index in [1.165, 1.54) is 12.1 Å². The van der Waals surface area contributed by atoms with Crippen LogP contribution in [0.1, 0.15) is 39.5 Å². The molecule has 1 aromatic rings. The second-order valence-electron chi connectivity index (χ2n) is 4.81. The van der Waals surface area contributed by atoms with Crippen LogP contribution in [0.15, 0.2) is 29.2 Å². The molecule has 112 valence electrons. The molecule has 3 N–H and O–H groups in total. The number of nitrogens with one attached hydrogen (secondary N) is 1. The van der Waals surface area contributed by atoms with Gasteiger partial charge in [0, 0.05) is 11.6 Å². The first kappa shape index (κ1) is 16.7. The lowest BCUT2D eigenvalue weighted by molar-refractivity contribution is -0.120. The molecule has 0 aliphatic carbocycles. The summed E-state index contributed by atoms with van der Waals surface area (Å²) in [5, 5.41) is 7.82. The Hall–Kier alpha value is -1.40. The number of anilines is 1. The standard InChI is InChI=1S/C14H22N2O3S/c1-3-5-6-11(4-2)14(17)16-12-7-9-13(10-8-12)20(15,18)19/h7-11H,3-6H2,1-2H3,(H,16,17)(H2,15,18,19)/t11-/m0/s1. The molecule has 0 aromatic heterocycles. The first-order valence-electron chi connectivity index (χ1n) is 6.82. The minimum absolute atomic E-state index is 0.00660. The topological polar surface area (TPSA) is 89.3 Å². The summed E-state index contributed by atoms with van der Waals surface area (Å²) in [4.78, 5) is 12.1. The van der Waals surface area contributed by atoms with Gasteiger partial charge in [-0.1, -0.05) is 26.7 Å². The van der Waals surface area contributed by atoms with E-state index in [0.29, 0.717) is 5.69 Å². The van der Waals surface area contributed by atoms with Crippen molar-refractivity contribution < 1.29 is 13.2 Å². The second kappa shape index (κ2) is 7.40. The predicted octanol–water partition coefficient (Wildman–Crippen LogP) is 2.49. The van der Waals surface area contributed by atoms with E-state index in [9.17, 15) is 13.2 Å². The number of benzene rings is 1. The number of hydrogen-bond donors (Lipinski definition) is 2. The number of amides is 1. The Labute approximate surface area is 120 Å². The van der Waals surface area contributed by atoms with E-state index in [0.717, 1.165) is 25.7 Å². The normalized spacial score (nSPS) is 12.9. The summed E-state index contributed by atoms with van der Waals surface area (Å²) in [7, 11) is -3.69. The maximum atomic E-state index is 12.1. The lowest BCUT2D eigenvalue weighted by Gasteiger charge is -2.14. The van der Waals surface area contributed by atoms with Gasteiger partial charge in [-0.2, -0.15) is 0 Å². The van der Waals surface area contributed by atoms with Crippen LogP contribution in [-0.2, 0) is 14.8 Å². The van der Waals surface area contributed by atoms with Crippen LogP contribution in [-0.4, -0.2) is 14.3 Å². The fraction of sp³-hybridized carbons (Fsp3) is 0.500. The third-order valence-corrected chi connectivity index (χ3v) is 4.15. The third kappa shape index (κ3) is 4.94. The van der Waals surface area contributed by atoms with E-state index < -0.39 is 10.0 Å². The van der Waals surface area contributed by atoms with E-state index in [4.69, 9.17) is 5.14 Å². The quantitative estimate of drug-likeness (QED) is 0.810. The number of unbranched alkanes of at least 4 members (excludes halogenated alkanes) is 1. The first-order valence-corrected chi connectivity index (χ1v) is 8.36. The van der Waals surface area contributed by atoms with Crippen LogP contribution in [0.5, 0.6) is 0 Å². The highest BCUT2D eigenvalue weighted by atomic mass is 32.2. The molecule has 0 aliphatic rings. The Balaban J connectivity index is 2.70. The van der Waals surface area contributed by atoms with Gasteiger partial charge in [-0.3, -0.25) is 4.79 Å². The molecular formula is C14H22N2O3S. The molecule has 20 heavy (non-hydrogen) atoms. The minimum atomic E-state index is -3.69. The maximum Gasteiger partial charge on any atom is 0.238 e. The van der Waals surface area contributed by atoms with Crippen molar-refractivity contribution in [1.29, 1.82) is 0 Å². The first-order chi connectivity index (χ1) is 9.38. The Bertz CT molecular complexity index is 538. The third-order valence-electron chi connectivity index (χ3n) is 3.22. The predicted molar refractivity (Wildman–Crippen MR) is 79.8 cm³/mol. The minimum Gasteiger partial charge on any atom is -0.326 e. The molecule has 0 radical (unpaired) electrons. The van der Waals surface area contributed by atoms with E-state index >= 15 is 0 Å². The van der Waals surface area contributed by atoms with Gasteiger partial charge in [0.05, 0.1) is 4.90 Å². The summed E-state index contributed by atoms with van der Waals surface area (Å²) in [5.41, 5.74) is 0.581. The van der Waals surface area contributed by atoms with Crippen molar-refractivity contribution in [3.05, 3.63) is 24.3 Å². The molecule has 1 atom stereocenters. The zero-order valence-corrected chi connectivity index (χ0v) is 12.7. The van der Waals surface area contributed by atoms with Gasteiger partial charge in [-0.25, -0.2) is 13.6 Å². The highest BCUT2D eigenvalue weighted by Crippen LogP contribution is 2.17. The smallest absolute Gasteiger partial charge is 0.238 e. The van der Waals surface area contributed by atoms with Gasteiger partial charge in [0.25, 0.3) is 0 Å². The van der Waals surface area contributed by atoms with E-state index in [2.05, 4.69) is 12.2 Å². The highest BCUT2D eigenvalue weighted by molar-refractivity contribution is 7.89. The second-order valence-corrected chi connectivity index (χ2v) is 6.37.